The molecule has 0 fully saturated rings. The Morgan fingerprint density at radius 2 is 1.87 bits per heavy atom. The van der Waals surface area contributed by atoms with Gasteiger partial charge >= 0.3 is 6.18 Å². The molecule has 0 saturated heterocycles. The van der Waals surface area contributed by atoms with E-state index >= 15 is 0 Å². The number of aromatic nitrogens is 2. The van der Waals surface area contributed by atoms with Crippen LogP contribution in [0.2, 0.25) is 5.02 Å². The highest BCUT2D eigenvalue weighted by molar-refractivity contribution is 6.30. The van der Waals surface area contributed by atoms with Crippen LogP contribution in [0.25, 0.3) is 16.9 Å². The molecule has 0 saturated carbocycles. The van der Waals surface area contributed by atoms with Crippen molar-refractivity contribution in [3.8, 4) is 11.3 Å². The van der Waals surface area contributed by atoms with Crippen LogP contribution in [0.4, 0.5) is 13.2 Å². The first kappa shape index (κ1) is 20.9. The van der Waals surface area contributed by atoms with E-state index in [1.54, 1.807) is 18.2 Å². The molecular weight excluding hydrogens is 427 g/mol. The lowest BCUT2D eigenvalue weighted by Gasteiger charge is -2.08. The predicted octanol–water partition coefficient (Wildman–Crippen LogP) is 6.53. The molecule has 4 rings (SSSR count). The first-order valence-electron chi connectivity index (χ1n) is 9.37. The topological polar surface area (TPSA) is 38.9 Å². The van der Waals surface area contributed by atoms with Gasteiger partial charge < -0.3 is 4.84 Å². The third-order valence-corrected chi connectivity index (χ3v) is 4.92. The summed E-state index contributed by atoms with van der Waals surface area (Å²) in [7, 11) is 0. The van der Waals surface area contributed by atoms with Gasteiger partial charge in [-0.3, -0.25) is 4.40 Å². The fourth-order valence-corrected chi connectivity index (χ4v) is 3.27. The molecule has 0 unspecified atom stereocenters. The Morgan fingerprint density at radius 3 is 2.61 bits per heavy atom. The molecule has 2 aromatic carbocycles. The fourth-order valence-electron chi connectivity index (χ4n) is 3.15. The molecule has 0 aliphatic rings. The number of alkyl halides is 3. The van der Waals surface area contributed by atoms with Gasteiger partial charge in [0.1, 0.15) is 12.3 Å². The van der Waals surface area contributed by atoms with Crippen LogP contribution in [0.3, 0.4) is 0 Å². The molecule has 0 radical (unpaired) electrons. The number of halogens is 4. The van der Waals surface area contributed by atoms with Crippen molar-refractivity contribution in [2.75, 3.05) is 0 Å². The Hall–Kier alpha value is -3.32. The number of pyridine rings is 1. The van der Waals surface area contributed by atoms with E-state index in [4.69, 9.17) is 21.4 Å². The van der Waals surface area contributed by atoms with Gasteiger partial charge in [-0.15, -0.1) is 0 Å². The number of fused-ring (bicyclic) bond motifs is 1. The van der Waals surface area contributed by atoms with E-state index in [9.17, 15) is 13.2 Å². The lowest BCUT2D eigenvalue weighted by Crippen LogP contribution is -2.05. The van der Waals surface area contributed by atoms with Gasteiger partial charge in [-0.2, -0.15) is 13.2 Å². The van der Waals surface area contributed by atoms with Crippen molar-refractivity contribution in [2.45, 2.75) is 19.7 Å². The highest BCUT2D eigenvalue weighted by Crippen LogP contribution is 2.30. The smallest absolute Gasteiger partial charge is 0.391 e. The Morgan fingerprint density at radius 1 is 1.10 bits per heavy atom. The Bertz CT molecular complexity index is 1250. The molecule has 0 N–H and O–H groups in total. The number of hydrogen-bond donors (Lipinski definition) is 0. The van der Waals surface area contributed by atoms with Gasteiger partial charge in [0.05, 0.1) is 23.2 Å². The SMILES string of the molecule is Cc1ccn2c(/C=N\OCc3cccc(C(F)(F)F)c3)c(-c3ccc(Cl)cc3)nc2c1. The van der Waals surface area contributed by atoms with Gasteiger partial charge in [-0.1, -0.05) is 41.0 Å². The van der Waals surface area contributed by atoms with E-state index < -0.39 is 11.7 Å². The summed E-state index contributed by atoms with van der Waals surface area (Å²) in [6, 6.07) is 16.1. The molecule has 0 bridgehead atoms. The largest absolute Gasteiger partial charge is 0.416 e. The molecule has 0 atom stereocenters. The molecular formula is C23H17ClF3N3O. The third-order valence-electron chi connectivity index (χ3n) is 4.67. The predicted molar refractivity (Wildman–Crippen MR) is 114 cm³/mol. The van der Waals surface area contributed by atoms with E-state index in [2.05, 4.69) is 5.16 Å². The summed E-state index contributed by atoms with van der Waals surface area (Å²) in [4.78, 5) is 9.98. The number of rotatable bonds is 5. The minimum absolute atomic E-state index is 0.0907. The van der Waals surface area contributed by atoms with Gasteiger partial charge in [0.15, 0.2) is 0 Å². The van der Waals surface area contributed by atoms with Crippen molar-refractivity contribution >= 4 is 23.5 Å². The number of aryl methyl sites for hydroxylation is 1. The minimum atomic E-state index is -4.40. The van der Waals surface area contributed by atoms with E-state index in [0.29, 0.717) is 22.0 Å². The number of imidazole rings is 1. The monoisotopic (exact) mass is 443 g/mol. The second kappa shape index (κ2) is 8.43. The van der Waals surface area contributed by atoms with Crippen LogP contribution < -0.4 is 0 Å². The Kier molecular flexibility index (Phi) is 5.69. The summed E-state index contributed by atoms with van der Waals surface area (Å²) >= 11 is 6.00. The average Bonchev–Trinajstić information content (AvgIpc) is 3.09. The van der Waals surface area contributed by atoms with Crippen molar-refractivity contribution < 1.29 is 18.0 Å². The second-order valence-electron chi connectivity index (χ2n) is 6.99. The fraction of sp³-hybridized carbons (Fsp3) is 0.130. The molecule has 0 amide bonds. The van der Waals surface area contributed by atoms with E-state index in [1.807, 2.05) is 41.8 Å². The maximum Gasteiger partial charge on any atom is 0.416 e. The summed E-state index contributed by atoms with van der Waals surface area (Å²) in [5.41, 5.74) is 3.67. The first-order valence-corrected chi connectivity index (χ1v) is 9.75. The van der Waals surface area contributed by atoms with Gasteiger partial charge in [0.25, 0.3) is 0 Å². The van der Waals surface area contributed by atoms with E-state index in [-0.39, 0.29) is 6.61 Å². The lowest BCUT2D eigenvalue weighted by atomic mass is 10.1. The summed E-state index contributed by atoms with van der Waals surface area (Å²) < 4.78 is 40.5. The molecule has 2 heterocycles. The molecule has 4 aromatic rings. The maximum atomic E-state index is 12.9. The number of hydrogen-bond acceptors (Lipinski definition) is 3. The summed E-state index contributed by atoms with van der Waals surface area (Å²) in [6.07, 6.45) is -1.01. The number of benzene rings is 2. The van der Waals surface area contributed by atoms with E-state index in [0.717, 1.165) is 28.9 Å². The van der Waals surface area contributed by atoms with Crippen LogP contribution >= 0.6 is 11.6 Å². The molecule has 4 nitrogen and oxygen atoms in total. The van der Waals surface area contributed by atoms with Gasteiger partial charge in [-0.25, -0.2) is 4.98 Å². The zero-order valence-corrected chi connectivity index (χ0v) is 17.2. The molecule has 31 heavy (non-hydrogen) atoms. The first-order chi connectivity index (χ1) is 14.8. The van der Waals surface area contributed by atoms with Crippen molar-refractivity contribution in [1.82, 2.24) is 9.38 Å². The van der Waals surface area contributed by atoms with E-state index in [1.165, 1.54) is 12.3 Å². The minimum Gasteiger partial charge on any atom is -0.391 e. The van der Waals surface area contributed by atoms with Crippen LogP contribution in [0.15, 0.2) is 72.0 Å². The highest BCUT2D eigenvalue weighted by Gasteiger charge is 2.30. The van der Waals surface area contributed by atoms with Crippen LogP contribution in [0.1, 0.15) is 22.4 Å². The number of oxime groups is 1. The van der Waals surface area contributed by atoms with Crippen molar-refractivity contribution in [2.24, 2.45) is 5.16 Å². The maximum absolute atomic E-state index is 12.9. The lowest BCUT2D eigenvalue weighted by molar-refractivity contribution is -0.137. The zero-order valence-electron chi connectivity index (χ0n) is 16.4. The van der Waals surface area contributed by atoms with Crippen LogP contribution in [0.5, 0.6) is 0 Å². The standard InChI is InChI=1S/C23H17ClF3N3O/c1-15-9-10-30-20(22(29-21(30)11-15)17-5-7-19(24)8-6-17)13-28-31-14-16-3-2-4-18(12-16)23(25,26)27/h2-13H,14H2,1H3/b28-13-. The summed E-state index contributed by atoms with van der Waals surface area (Å²) in [5, 5.41) is 4.60. The molecule has 0 spiro atoms. The van der Waals surface area contributed by atoms with Crippen molar-refractivity contribution in [3.63, 3.8) is 0 Å². The van der Waals surface area contributed by atoms with Crippen LogP contribution in [-0.2, 0) is 17.6 Å². The molecule has 8 heteroatoms. The Labute approximate surface area is 181 Å². The molecule has 0 aliphatic carbocycles. The molecule has 0 aliphatic heterocycles. The molecule has 158 valence electrons. The van der Waals surface area contributed by atoms with Crippen molar-refractivity contribution in [1.29, 1.82) is 0 Å². The quantitative estimate of drug-likeness (QED) is 0.260. The van der Waals surface area contributed by atoms with Gasteiger partial charge in [-0.05, 0) is 54.4 Å². The third kappa shape index (κ3) is 4.72. The normalized spacial score (nSPS) is 12.0. The van der Waals surface area contributed by atoms with Crippen LogP contribution in [0, 0.1) is 6.92 Å². The zero-order chi connectivity index (χ0) is 22.0. The Balaban J connectivity index is 1.61. The average molecular weight is 444 g/mol. The van der Waals surface area contributed by atoms with Crippen LogP contribution in [-0.4, -0.2) is 15.6 Å². The summed E-state index contributed by atoms with van der Waals surface area (Å²) in [6.45, 7) is 1.88. The highest BCUT2D eigenvalue weighted by atomic mass is 35.5. The molecule has 2 aromatic heterocycles. The summed E-state index contributed by atoms with van der Waals surface area (Å²) in [5.74, 6) is 0. The number of nitrogens with zero attached hydrogens (tertiary/aromatic N) is 3. The van der Waals surface area contributed by atoms with Gasteiger partial charge in [0.2, 0.25) is 0 Å². The second-order valence-corrected chi connectivity index (χ2v) is 7.43. The van der Waals surface area contributed by atoms with Gasteiger partial charge in [0, 0.05) is 16.8 Å². The van der Waals surface area contributed by atoms with Crippen molar-refractivity contribution in [3.05, 3.63) is 94.3 Å².